The molecule has 8 nitrogen and oxygen atoms in total. The van der Waals surface area contributed by atoms with Gasteiger partial charge in [0.1, 0.15) is 11.3 Å². The van der Waals surface area contributed by atoms with Crippen LogP contribution in [-0.4, -0.2) is 42.2 Å². The van der Waals surface area contributed by atoms with Gasteiger partial charge in [0.05, 0.1) is 20.1 Å². The molecule has 3 heterocycles. The number of carbonyl (C=O) groups is 2. The van der Waals surface area contributed by atoms with Crippen molar-refractivity contribution in [1.29, 1.82) is 0 Å². The fourth-order valence-electron chi connectivity index (χ4n) is 4.54. The van der Waals surface area contributed by atoms with Crippen LogP contribution in [0.4, 0.5) is 4.39 Å². The van der Waals surface area contributed by atoms with Gasteiger partial charge >= 0.3 is 5.97 Å². The molecule has 3 aromatic rings. The number of rotatable bonds is 5. The standard InChI is InChI=1S/C24H27FN4O4/c1-12-14-7-6-8-33-22(14)18(25)9-15(12)21-16(11-20(30)32-5)13(2)27-23-17(21)10-19(29(23)4)24(31)28-26-3/h9-10,26H,6-8,11H2,1-5H3,(H,28,31). The second-order valence-corrected chi connectivity index (χ2v) is 8.12. The van der Waals surface area contributed by atoms with Crippen molar-refractivity contribution in [1.82, 2.24) is 20.4 Å². The number of hydrogen-bond donors (Lipinski definition) is 2. The molecule has 1 aromatic carbocycles. The van der Waals surface area contributed by atoms with Crippen LogP contribution < -0.4 is 15.6 Å². The minimum absolute atomic E-state index is 0.0256. The first-order valence-electron chi connectivity index (χ1n) is 10.8. The average Bonchev–Trinajstić information content (AvgIpc) is 3.13. The minimum atomic E-state index is -0.444. The molecule has 1 aliphatic heterocycles. The maximum atomic E-state index is 15.2. The maximum absolute atomic E-state index is 15.2. The Kier molecular flexibility index (Phi) is 6.07. The number of hydrazine groups is 1. The fourth-order valence-corrected chi connectivity index (χ4v) is 4.54. The summed E-state index contributed by atoms with van der Waals surface area (Å²) in [5, 5.41) is 0.655. The van der Waals surface area contributed by atoms with E-state index in [1.165, 1.54) is 13.2 Å². The number of pyridine rings is 1. The number of methoxy groups -OCH3 is 1. The average molecular weight is 455 g/mol. The van der Waals surface area contributed by atoms with E-state index in [1.54, 1.807) is 31.7 Å². The first-order chi connectivity index (χ1) is 15.8. The number of amides is 1. The minimum Gasteiger partial charge on any atom is -0.490 e. The molecule has 0 aliphatic carbocycles. The van der Waals surface area contributed by atoms with E-state index in [-0.39, 0.29) is 12.3 Å². The van der Waals surface area contributed by atoms with Crippen molar-refractivity contribution in [3.8, 4) is 16.9 Å². The third-order valence-electron chi connectivity index (χ3n) is 6.21. The monoisotopic (exact) mass is 454 g/mol. The van der Waals surface area contributed by atoms with Crippen molar-refractivity contribution in [2.75, 3.05) is 20.8 Å². The lowest BCUT2D eigenvalue weighted by atomic mass is 9.87. The summed E-state index contributed by atoms with van der Waals surface area (Å²) < 4.78 is 27.4. The SMILES string of the molecule is CNNC(=O)c1cc2c(-c3cc(F)c4c(c3C)CCCO4)c(CC(=O)OC)c(C)nc2n1C. The summed E-state index contributed by atoms with van der Waals surface area (Å²) in [5.41, 5.74) is 10.4. The number of aromatic nitrogens is 2. The molecule has 0 fully saturated rings. The van der Waals surface area contributed by atoms with Gasteiger partial charge in [-0.1, -0.05) is 0 Å². The van der Waals surface area contributed by atoms with E-state index < -0.39 is 11.8 Å². The van der Waals surface area contributed by atoms with E-state index in [1.807, 2.05) is 6.92 Å². The van der Waals surface area contributed by atoms with Gasteiger partial charge in [0.25, 0.3) is 5.91 Å². The number of benzene rings is 1. The molecule has 0 bridgehead atoms. The number of carbonyl (C=O) groups excluding carboxylic acids is 2. The van der Waals surface area contributed by atoms with Crippen LogP contribution in [0.15, 0.2) is 12.1 Å². The summed E-state index contributed by atoms with van der Waals surface area (Å²) >= 11 is 0. The summed E-state index contributed by atoms with van der Waals surface area (Å²) in [7, 11) is 4.68. The number of hydrogen-bond acceptors (Lipinski definition) is 6. The van der Waals surface area contributed by atoms with Gasteiger partial charge in [-0.25, -0.2) is 14.8 Å². The number of esters is 1. The Morgan fingerprint density at radius 1 is 1.30 bits per heavy atom. The smallest absolute Gasteiger partial charge is 0.310 e. The van der Waals surface area contributed by atoms with Gasteiger partial charge in [0, 0.05) is 30.7 Å². The molecule has 2 aromatic heterocycles. The van der Waals surface area contributed by atoms with Crippen LogP contribution in [0, 0.1) is 19.7 Å². The molecule has 9 heteroatoms. The highest BCUT2D eigenvalue weighted by Crippen LogP contribution is 2.42. The summed E-state index contributed by atoms with van der Waals surface area (Å²) in [5.74, 6) is -0.913. The molecular formula is C24H27FN4O4. The molecule has 0 radical (unpaired) electrons. The van der Waals surface area contributed by atoms with E-state index in [0.717, 1.165) is 17.5 Å². The number of ether oxygens (including phenoxy) is 2. The molecule has 33 heavy (non-hydrogen) atoms. The Bertz CT molecular complexity index is 1280. The zero-order valence-corrected chi connectivity index (χ0v) is 19.4. The first kappa shape index (κ1) is 22.7. The Labute approximate surface area is 191 Å². The van der Waals surface area contributed by atoms with E-state index in [4.69, 9.17) is 9.47 Å². The van der Waals surface area contributed by atoms with Gasteiger partial charge < -0.3 is 14.0 Å². The molecule has 174 valence electrons. The van der Waals surface area contributed by atoms with Gasteiger partial charge in [-0.2, -0.15) is 0 Å². The highest BCUT2D eigenvalue weighted by molar-refractivity contribution is 6.04. The normalized spacial score (nSPS) is 12.9. The van der Waals surface area contributed by atoms with Crippen molar-refractivity contribution in [3.05, 3.63) is 46.0 Å². The zero-order chi connectivity index (χ0) is 23.9. The lowest BCUT2D eigenvalue weighted by molar-refractivity contribution is -0.139. The molecule has 0 spiro atoms. The lowest BCUT2D eigenvalue weighted by Gasteiger charge is -2.23. The van der Waals surface area contributed by atoms with Crippen molar-refractivity contribution in [2.45, 2.75) is 33.1 Å². The lowest BCUT2D eigenvalue weighted by Crippen LogP contribution is -2.35. The predicted octanol–water partition coefficient (Wildman–Crippen LogP) is 2.90. The number of fused-ring (bicyclic) bond motifs is 2. The fraction of sp³-hybridized carbons (Fsp3) is 0.375. The van der Waals surface area contributed by atoms with Crippen LogP contribution in [0.3, 0.4) is 0 Å². The van der Waals surface area contributed by atoms with Crippen molar-refractivity contribution in [2.24, 2.45) is 7.05 Å². The van der Waals surface area contributed by atoms with Crippen LogP contribution in [0.1, 0.15) is 39.3 Å². The van der Waals surface area contributed by atoms with Crippen LogP contribution in [0.25, 0.3) is 22.2 Å². The summed E-state index contributed by atoms with van der Waals surface area (Å²) in [4.78, 5) is 29.6. The third kappa shape index (κ3) is 3.82. The molecule has 1 aliphatic rings. The van der Waals surface area contributed by atoms with E-state index in [0.29, 0.717) is 57.9 Å². The Morgan fingerprint density at radius 3 is 2.76 bits per heavy atom. The maximum Gasteiger partial charge on any atom is 0.310 e. The van der Waals surface area contributed by atoms with Gasteiger partial charge in [-0.3, -0.25) is 15.0 Å². The summed E-state index contributed by atoms with van der Waals surface area (Å²) in [6.45, 7) is 4.22. The van der Waals surface area contributed by atoms with E-state index in [9.17, 15) is 9.59 Å². The number of aryl methyl sites for hydroxylation is 2. The van der Waals surface area contributed by atoms with Crippen LogP contribution >= 0.6 is 0 Å². The van der Waals surface area contributed by atoms with Gasteiger partial charge in [-0.05, 0) is 61.1 Å². The Balaban J connectivity index is 2.08. The highest BCUT2D eigenvalue weighted by atomic mass is 19.1. The largest absolute Gasteiger partial charge is 0.490 e. The Hall–Kier alpha value is -3.46. The van der Waals surface area contributed by atoms with E-state index >= 15 is 4.39 Å². The Morgan fingerprint density at radius 2 is 2.06 bits per heavy atom. The summed E-state index contributed by atoms with van der Waals surface area (Å²) in [6.07, 6.45) is 1.48. The molecule has 1 amide bonds. The quantitative estimate of drug-likeness (QED) is 0.455. The number of nitrogens with one attached hydrogen (secondary N) is 2. The molecule has 0 atom stereocenters. The molecule has 2 N–H and O–H groups in total. The van der Waals surface area contributed by atoms with Gasteiger partial charge in [-0.15, -0.1) is 0 Å². The van der Waals surface area contributed by atoms with Crippen LogP contribution in [-0.2, 0) is 29.4 Å². The topological polar surface area (TPSA) is 94.5 Å². The predicted molar refractivity (Wildman–Crippen MR) is 122 cm³/mol. The van der Waals surface area contributed by atoms with Crippen LogP contribution in [0.2, 0.25) is 0 Å². The van der Waals surface area contributed by atoms with Crippen molar-refractivity contribution in [3.63, 3.8) is 0 Å². The number of halogens is 1. The van der Waals surface area contributed by atoms with E-state index in [2.05, 4.69) is 15.8 Å². The second kappa shape index (κ2) is 8.82. The van der Waals surface area contributed by atoms with Crippen LogP contribution in [0.5, 0.6) is 5.75 Å². The highest BCUT2D eigenvalue weighted by Gasteiger charge is 2.27. The summed E-state index contributed by atoms with van der Waals surface area (Å²) in [6, 6.07) is 3.17. The third-order valence-corrected chi connectivity index (χ3v) is 6.21. The van der Waals surface area contributed by atoms with Crippen molar-refractivity contribution >= 4 is 22.9 Å². The molecule has 0 saturated carbocycles. The number of nitrogens with zero attached hydrogens (tertiary/aromatic N) is 2. The van der Waals surface area contributed by atoms with Crippen molar-refractivity contribution < 1.29 is 23.5 Å². The molecule has 0 unspecified atom stereocenters. The van der Waals surface area contributed by atoms with Gasteiger partial charge in [0.2, 0.25) is 0 Å². The zero-order valence-electron chi connectivity index (χ0n) is 19.4. The molecule has 4 rings (SSSR count). The second-order valence-electron chi connectivity index (χ2n) is 8.12. The molecular weight excluding hydrogens is 427 g/mol. The molecule has 0 saturated heterocycles. The van der Waals surface area contributed by atoms with Gasteiger partial charge in [0.15, 0.2) is 11.6 Å². The first-order valence-corrected chi connectivity index (χ1v) is 10.8.